The molecule has 0 atom stereocenters. The lowest BCUT2D eigenvalue weighted by atomic mass is 9.92. The molecule has 3 heteroatoms. The third-order valence-electron chi connectivity index (χ3n) is 2.17. The maximum Gasteiger partial charge on any atom is 0.228 e. The molecule has 0 aromatic carbocycles. The van der Waals surface area contributed by atoms with E-state index in [-0.39, 0.29) is 17.9 Å². The van der Waals surface area contributed by atoms with Crippen molar-refractivity contribution in [2.24, 2.45) is 5.41 Å². The Bertz CT molecular complexity index is 187. The summed E-state index contributed by atoms with van der Waals surface area (Å²) in [5.41, 5.74) is -0.247. The Labute approximate surface area is 66.4 Å². The van der Waals surface area contributed by atoms with Gasteiger partial charge in [0.1, 0.15) is 6.29 Å². The van der Waals surface area contributed by atoms with E-state index in [2.05, 4.69) is 0 Å². The molecule has 0 aromatic rings. The molecule has 0 aromatic heterocycles. The summed E-state index contributed by atoms with van der Waals surface area (Å²) in [5.74, 6) is 0.101. The summed E-state index contributed by atoms with van der Waals surface area (Å²) in [6, 6.07) is 0. The normalized spacial score (nSPS) is 22.4. The van der Waals surface area contributed by atoms with Gasteiger partial charge in [0.05, 0.1) is 6.54 Å². The van der Waals surface area contributed by atoms with Crippen molar-refractivity contribution in [1.29, 1.82) is 0 Å². The van der Waals surface area contributed by atoms with Gasteiger partial charge in [0.25, 0.3) is 0 Å². The lowest BCUT2D eigenvalue weighted by molar-refractivity contribution is -0.135. The van der Waals surface area contributed by atoms with Crippen molar-refractivity contribution in [3.63, 3.8) is 0 Å². The van der Waals surface area contributed by atoms with Crippen LogP contribution in [0.1, 0.15) is 20.3 Å². The minimum Gasteiger partial charge on any atom is -0.335 e. The molecule has 3 nitrogen and oxygen atoms in total. The van der Waals surface area contributed by atoms with E-state index < -0.39 is 0 Å². The number of hydrogen-bond donors (Lipinski definition) is 0. The summed E-state index contributed by atoms with van der Waals surface area (Å²) < 4.78 is 0. The van der Waals surface area contributed by atoms with Gasteiger partial charge in [-0.05, 0) is 6.42 Å². The van der Waals surface area contributed by atoms with Crippen LogP contribution in [-0.2, 0) is 9.59 Å². The third-order valence-corrected chi connectivity index (χ3v) is 2.17. The van der Waals surface area contributed by atoms with Crippen molar-refractivity contribution >= 4 is 12.2 Å². The zero-order valence-corrected chi connectivity index (χ0v) is 6.96. The molecule has 1 aliphatic heterocycles. The number of carbonyl (C=O) groups is 2. The van der Waals surface area contributed by atoms with E-state index in [4.69, 9.17) is 0 Å². The second-order valence-electron chi connectivity index (χ2n) is 3.55. The van der Waals surface area contributed by atoms with Crippen LogP contribution >= 0.6 is 0 Å². The molecule has 62 valence electrons. The summed E-state index contributed by atoms with van der Waals surface area (Å²) in [5, 5.41) is 0. The largest absolute Gasteiger partial charge is 0.335 e. The molecule has 1 aliphatic rings. The van der Waals surface area contributed by atoms with Crippen LogP contribution in [0.5, 0.6) is 0 Å². The molecule has 0 saturated carbocycles. The highest BCUT2D eigenvalue weighted by molar-refractivity contribution is 5.85. The number of aldehydes is 1. The van der Waals surface area contributed by atoms with Gasteiger partial charge in [-0.3, -0.25) is 4.79 Å². The van der Waals surface area contributed by atoms with Crippen LogP contribution in [0.3, 0.4) is 0 Å². The van der Waals surface area contributed by atoms with E-state index in [1.54, 1.807) is 4.90 Å². The fraction of sp³-hybridized carbons (Fsp3) is 0.750. The summed E-state index contributed by atoms with van der Waals surface area (Å²) >= 11 is 0. The molecule has 0 spiro atoms. The van der Waals surface area contributed by atoms with Crippen LogP contribution < -0.4 is 0 Å². The summed E-state index contributed by atoms with van der Waals surface area (Å²) in [7, 11) is 0. The van der Waals surface area contributed by atoms with Crippen LogP contribution in [0.25, 0.3) is 0 Å². The predicted octanol–water partition coefficient (Wildman–Crippen LogP) is 0.444. The van der Waals surface area contributed by atoms with E-state index in [9.17, 15) is 9.59 Å². The highest BCUT2D eigenvalue weighted by Crippen LogP contribution is 2.29. The summed E-state index contributed by atoms with van der Waals surface area (Å²) in [4.78, 5) is 23.1. The zero-order valence-electron chi connectivity index (χ0n) is 6.96. The highest BCUT2D eigenvalue weighted by atomic mass is 16.2. The summed E-state index contributed by atoms with van der Waals surface area (Å²) in [6.07, 6.45) is 1.64. The van der Waals surface area contributed by atoms with Gasteiger partial charge in [-0.1, -0.05) is 13.8 Å². The first kappa shape index (κ1) is 8.24. The minimum absolute atomic E-state index is 0.101. The maximum atomic E-state index is 11.4. The molecular formula is C8H13NO2. The standard InChI is InChI=1S/C8H13NO2/c1-8(2)3-4-9(5-6-10)7(8)11/h6H,3-5H2,1-2H3. The molecule has 1 fully saturated rings. The van der Waals surface area contributed by atoms with Crippen LogP contribution in [0, 0.1) is 5.41 Å². The molecule has 1 saturated heterocycles. The van der Waals surface area contributed by atoms with Gasteiger partial charge in [-0.25, -0.2) is 0 Å². The van der Waals surface area contributed by atoms with Gasteiger partial charge in [-0.2, -0.15) is 0 Å². The number of hydrogen-bond acceptors (Lipinski definition) is 2. The van der Waals surface area contributed by atoms with E-state index in [1.807, 2.05) is 13.8 Å². The number of carbonyl (C=O) groups excluding carboxylic acids is 2. The lowest BCUT2D eigenvalue weighted by Gasteiger charge is -2.16. The van der Waals surface area contributed by atoms with Crippen molar-refractivity contribution in [2.45, 2.75) is 20.3 Å². The molecule has 0 radical (unpaired) electrons. The molecule has 0 unspecified atom stereocenters. The number of amides is 1. The first-order valence-electron chi connectivity index (χ1n) is 3.81. The van der Waals surface area contributed by atoms with E-state index in [1.165, 1.54) is 0 Å². The van der Waals surface area contributed by atoms with Crippen molar-refractivity contribution < 1.29 is 9.59 Å². The topological polar surface area (TPSA) is 37.4 Å². The molecule has 0 aliphatic carbocycles. The van der Waals surface area contributed by atoms with Gasteiger partial charge >= 0.3 is 0 Å². The monoisotopic (exact) mass is 155 g/mol. The Morgan fingerprint density at radius 3 is 2.64 bits per heavy atom. The smallest absolute Gasteiger partial charge is 0.228 e. The first-order chi connectivity index (χ1) is 5.08. The van der Waals surface area contributed by atoms with Crippen LogP contribution in [0.4, 0.5) is 0 Å². The molecule has 11 heavy (non-hydrogen) atoms. The van der Waals surface area contributed by atoms with Crippen LogP contribution in [-0.4, -0.2) is 30.2 Å². The molecular weight excluding hydrogens is 142 g/mol. The molecule has 1 amide bonds. The lowest BCUT2D eigenvalue weighted by Crippen LogP contribution is -2.32. The highest BCUT2D eigenvalue weighted by Gasteiger charge is 2.37. The maximum absolute atomic E-state index is 11.4. The average molecular weight is 155 g/mol. The Hall–Kier alpha value is -0.860. The van der Waals surface area contributed by atoms with Crippen molar-refractivity contribution in [2.75, 3.05) is 13.1 Å². The SMILES string of the molecule is CC1(C)CCN(CC=O)C1=O. The van der Waals surface area contributed by atoms with Gasteiger partial charge in [0, 0.05) is 12.0 Å². The van der Waals surface area contributed by atoms with Gasteiger partial charge in [0.2, 0.25) is 5.91 Å². The quantitative estimate of drug-likeness (QED) is 0.543. The first-order valence-corrected chi connectivity index (χ1v) is 3.81. The number of nitrogens with zero attached hydrogens (tertiary/aromatic N) is 1. The third kappa shape index (κ3) is 1.42. The van der Waals surface area contributed by atoms with E-state index >= 15 is 0 Å². The van der Waals surface area contributed by atoms with Crippen molar-refractivity contribution in [3.8, 4) is 0 Å². The van der Waals surface area contributed by atoms with Crippen molar-refractivity contribution in [1.82, 2.24) is 4.90 Å². The van der Waals surface area contributed by atoms with E-state index in [0.717, 1.165) is 19.3 Å². The Morgan fingerprint density at radius 1 is 1.64 bits per heavy atom. The molecule has 1 heterocycles. The van der Waals surface area contributed by atoms with Crippen LogP contribution in [0.15, 0.2) is 0 Å². The predicted molar refractivity (Wildman–Crippen MR) is 41.0 cm³/mol. The second kappa shape index (κ2) is 2.64. The second-order valence-corrected chi connectivity index (χ2v) is 3.55. The Kier molecular flexibility index (Phi) is 1.98. The fourth-order valence-electron chi connectivity index (χ4n) is 1.32. The zero-order chi connectivity index (χ0) is 8.48. The number of rotatable bonds is 2. The number of likely N-dealkylation sites (tertiary alicyclic amines) is 1. The van der Waals surface area contributed by atoms with Gasteiger partial charge in [-0.15, -0.1) is 0 Å². The summed E-state index contributed by atoms with van der Waals surface area (Å²) in [6.45, 7) is 4.81. The molecule has 1 rings (SSSR count). The fourth-order valence-corrected chi connectivity index (χ4v) is 1.32. The van der Waals surface area contributed by atoms with Gasteiger partial charge < -0.3 is 9.69 Å². The Morgan fingerprint density at radius 2 is 2.27 bits per heavy atom. The average Bonchev–Trinajstić information content (AvgIpc) is 2.17. The molecule has 0 N–H and O–H groups in total. The van der Waals surface area contributed by atoms with Crippen LogP contribution in [0.2, 0.25) is 0 Å². The molecule has 0 bridgehead atoms. The Balaban J connectivity index is 2.63. The van der Waals surface area contributed by atoms with Crippen molar-refractivity contribution in [3.05, 3.63) is 0 Å². The van der Waals surface area contributed by atoms with E-state index in [0.29, 0.717) is 0 Å². The van der Waals surface area contributed by atoms with Gasteiger partial charge in [0.15, 0.2) is 0 Å². The minimum atomic E-state index is -0.247.